The van der Waals surface area contributed by atoms with Crippen LogP contribution in [0.15, 0.2) is 30.5 Å². The minimum absolute atomic E-state index is 0.151. The Morgan fingerprint density at radius 3 is 2.57 bits per heavy atom. The standard InChI is InChI=1S/C16H19N3O4/c1-9(18-10(2)20)15(21)19-14(16(22)23)7-11-8-17-13-6-4-3-5-12(11)13/h3-6,8-9,14,17H,7H2,1-2H3,(H,18,20)(H,19,21)(H,22,23). The summed E-state index contributed by atoms with van der Waals surface area (Å²) < 4.78 is 0. The molecule has 0 radical (unpaired) electrons. The van der Waals surface area contributed by atoms with Crippen molar-refractivity contribution >= 4 is 28.7 Å². The lowest BCUT2D eigenvalue weighted by Gasteiger charge is -2.18. The van der Waals surface area contributed by atoms with Gasteiger partial charge in [0.05, 0.1) is 0 Å². The molecular formula is C16H19N3O4. The number of fused-ring (bicyclic) bond motifs is 1. The lowest BCUT2D eigenvalue weighted by molar-refractivity contribution is -0.142. The first-order chi connectivity index (χ1) is 10.9. The normalized spacial score (nSPS) is 13.3. The van der Waals surface area contributed by atoms with Gasteiger partial charge in [0.1, 0.15) is 12.1 Å². The highest BCUT2D eigenvalue weighted by molar-refractivity contribution is 5.90. The van der Waals surface area contributed by atoms with Gasteiger partial charge in [-0.15, -0.1) is 0 Å². The van der Waals surface area contributed by atoms with E-state index < -0.39 is 24.0 Å². The first-order valence-electron chi connectivity index (χ1n) is 7.23. The molecule has 1 aromatic heterocycles. The van der Waals surface area contributed by atoms with Crippen LogP contribution in [0.4, 0.5) is 0 Å². The van der Waals surface area contributed by atoms with Gasteiger partial charge in [-0.3, -0.25) is 9.59 Å². The van der Waals surface area contributed by atoms with Gasteiger partial charge in [0.25, 0.3) is 0 Å². The number of para-hydroxylation sites is 1. The van der Waals surface area contributed by atoms with Gasteiger partial charge in [-0.25, -0.2) is 4.79 Å². The maximum atomic E-state index is 12.0. The van der Waals surface area contributed by atoms with E-state index in [1.807, 2.05) is 24.3 Å². The van der Waals surface area contributed by atoms with Crippen LogP contribution in [0.1, 0.15) is 19.4 Å². The minimum atomic E-state index is -1.13. The summed E-state index contributed by atoms with van der Waals surface area (Å²) in [5.41, 5.74) is 1.71. The Kier molecular flexibility index (Phi) is 5.00. The smallest absolute Gasteiger partial charge is 0.326 e. The first-order valence-corrected chi connectivity index (χ1v) is 7.23. The molecule has 0 spiro atoms. The molecule has 0 bridgehead atoms. The van der Waals surface area contributed by atoms with E-state index in [1.54, 1.807) is 6.20 Å². The molecule has 23 heavy (non-hydrogen) atoms. The highest BCUT2D eigenvalue weighted by Crippen LogP contribution is 2.19. The van der Waals surface area contributed by atoms with Gasteiger partial charge in [-0.1, -0.05) is 18.2 Å². The van der Waals surface area contributed by atoms with Crippen LogP contribution >= 0.6 is 0 Å². The number of hydrogen-bond donors (Lipinski definition) is 4. The van der Waals surface area contributed by atoms with Crippen LogP contribution in [0.5, 0.6) is 0 Å². The molecule has 0 aliphatic heterocycles. The topological polar surface area (TPSA) is 111 Å². The predicted octanol–water partition coefficient (Wildman–Crippen LogP) is 0.804. The second-order valence-corrected chi connectivity index (χ2v) is 5.39. The number of aliphatic carboxylic acids is 1. The zero-order valence-electron chi connectivity index (χ0n) is 12.9. The van der Waals surface area contributed by atoms with Gasteiger partial charge in [0.2, 0.25) is 11.8 Å². The van der Waals surface area contributed by atoms with Crippen LogP contribution in [0.25, 0.3) is 10.9 Å². The molecule has 7 heteroatoms. The van der Waals surface area contributed by atoms with Crippen molar-refractivity contribution in [1.82, 2.24) is 15.6 Å². The maximum absolute atomic E-state index is 12.0. The number of carboxylic acid groups (broad SMARTS) is 1. The van der Waals surface area contributed by atoms with Gasteiger partial charge in [0.15, 0.2) is 0 Å². The summed E-state index contributed by atoms with van der Waals surface area (Å²) in [7, 11) is 0. The van der Waals surface area contributed by atoms with E-state index in [9.17, 15) is 19.5 Å². The zero-order valence-corrected chi connectivity index (χ0v) is 12.9. The fourth-order valence-corrected chi connectivity index (χ4v) is 2.39. The van der Waals surface area contributed by atoms with Gasteiger partial charge >= 0.3 is 5.97 Å². The molecule has 0 aliphatic rings. The SMILES string of the molecule is CC(=O)NC(C)C(=O)NC(Cc1c[nH]c2ccccc12)C(=O)O. The Morgan fingerprint density at radius 2 is 1.91 bits per heavy atom. The van der Waals surface area contributed by atoms with E-state index >= 15 is 0 Å². The highest BCUT2D eigenvalue weighted by Gasteiger charge is 2.24. The summed E-state index contributed by atoms with van der Waals surface area (Å²) >= 11 is 0. The molecule has 7 nitrogen and oxygen atoms in total. The number of carbonyl (C=O) groups excluding carboxylic acids is 2. The molecule has 122 valence electrons. The molecular weight excluding hydrogens is 298 g/mol. The lowest BCUT2D eigenvalue weighted by Crippen LogP contribution is -2.50. The first kappa shape index (κ1) is 16.5. The minimum Gasteiger partial charge on any atom is -0.480 e. The number of aromatic amines is 1. The summed E-state index contributed by atoms with van der Waals surface area (Å²) in [5.74, 6) is -2.01. The number of benzene rings is 1. The van der Waals surface area contributed by atoms with Crippen molar-refractivity contribution in [2.45, 2.75) is 32.4 Å². The van der Waals surface area contributed by atoms with Crippen molar-refractivity contribution in [3.8, 4) is 0 Å². The number of aromatic nitrogens is 1. The van der Waals surface area contributed by atoms with Crippen molar-refractivity contribution in [3.05, 3.63) is 36.0 Å². The molecule has 1 aromatic carbocycles. The van der Waals surface area contributed by atoms with Crippen LogP contribution in [-0.2, 0) is 20.8 Å². The van der Waals surface area contributed by atoms with Gasteiger partial charge in [-0.2, -0.15) is 0 Å². The van der Waals surface area contributed by atoms with Gasteiger partial charge < -0.3 is 20.7 Å². The molecule has 4 N–H and O–H groups in total. The fourth-order valence-electron chi connectivity index (χ4n) is 2.39. The van der Waals surface area contributed by atoms with Crippen molar-refractivity contribution in [2.24, 2.45) is 0 Å². The van der Waals surface area contributed by atoms with Crippen LogP contribution in [0, 0.1) is 0 Å². The van der Waals surface area contributed by atoms with Crippen LogP contribution in [0.2, 0.25) is 0 Å². The fraction of sp³-hybridized carbons (Fsp3) is 0.312. The van der Waals surface area contributed by atoms with Crippen molar-refractivity contribution in [3.63, 3.8) is 0 Å². The molecule has 0 saturated heterocycles. The molecule has 2 unspecified atom stereocenters. The molecule has 2 amide bonds. The predicted molar refractivity (Wildman–Crippen MR) is 84.8 cm³/mol. The second-order valence-electron chi connectivity index (χ2n) is 5.39. The number of rotatable bonds is 6. The largest absolute Gasteiger partial charge is 0.480 e. The number of carbonyl (C=O) groups is 3. The Labute approximate surface area is 133 Å². The summed E-state index contributed by atoms with van der Waals surface area (Å²) in [4.78, 5) is 37.5. The van der Waals surface area contributed by atoms with E-state index in [4.69, 9.17) is 0 Å². The number of nitrogens with one attached hydrogen (secondary N) is 3. The zero-order chi connectivity index (χ0) is 17.0. The molecule has 0 saturated carbocycles. The Morgan fingerprint density at radius 1 is 1.22 bits per heavy atom. The van der Waals surface area contributed by atoms with Gasteiger partial charge in [-0.05, 0) is 18.6 Å². The average Bonchev–Trinajstić information content (AvgIpc) is 2.89. The molecule has 1 heterocycles. The molecule has 2 rings (SSSR count). The number of hydrogen-bond acceptors (Lipinski definition) is 3. The van der Waals surface area contributed by atoms with E-state index in [0.717, 1.165) is 16.5 Å². The number of amides is 2. The lowest BCUT2D eigenvalue weighted by atomic mass is 10.0. The van der Waals surface area contributed by atoms with E-state index in [-0.39, 0.29) is 12.3 Å². The second kappa shape index (κ2) is 6.95. The Hall–Kier alpha value is -2.83. The van der Waals surface area contributed by atoms with Crippen molar-refractivity contribution in [1.29, 1.82) is 0 Å². The third kappa shape index (κ3) is 4.09. The molecule has 2 atom stereocenters. The van der Waals surface area contributed by atoms with Crippen LogP contribution < -0.4 is 10.6 Å². The molecule has 0 aliphatic carbocycles. The average molecular weight is 317 g/mol. The van der Waals surface area contributed by atoms with E-state index in [2.05, 4.69) is 15.6 Å². The van der Waals surface area contributed by atoms with Crippen LogP contribution in [0.3, 0.4) is 0 Å². The van der Waals surface area contributed by atoms with Crippen molar-refractivity contribution < 1.29 is 19.5 Å². The van der Waals surface area contributed by atoms with Crippen molar-refractivity contribution in [2.75, 3.05) is 0 Å². The summed E-state index contributed by atoms with van der Waals surface area (Å²) in [6.07, 6.45) is 1.89. The Bertz CT molecular complexity index is 738. The summed E-state index contributed by atoms with van der Waals surface area (Å²) in [6.45, 7) is 2.80. The molecule has 0 fully saturated rings. The van der Waals surface area contributed by atoms with Crippen LogP contribution in [-0.4, -0.2) is 40.0 Å². The van der Waals surface area contributed by atoms with Gasteiger partial charge in [0, 0.05) is 30.4 Å². The summed E-state index contributed by atoms with van der Waals surface area (Å²) in [6, 6.07) is 5.67. The third-order valence-electron chi connectivity index (χ3n) is 3.53. The molecule has 2 aromatic rings. The Balaban J connectivity index is 2.11. The number of H-pyrrole nitrogens is 1. The highest BCUT2D eigenvalue weighted by atomic mass is 16.4. The monoisotopic (exact) mass is 317 g/mol. The number of carboxylic acids is 1. The summed E-state index contributed by atoms with van der Waals surface area (Å²) in [5, 5.41) is 15.1. The quantitative estimate of drug-likeness (QED) is 0.631. The maximum Gasteiger partial charge on any atom is 0.326 e. The van der Waals surface area contributed by atoms with E-state index in [0.29, 0.717) is 0 Å². The third-order valence-corrected chi connectivity index (χ3v) is 3.53. The van der Waals surface area contributed by atoms with E-state index in [1.165, 1.54) is 13.8 Å².